The Morgan fingerprint density at radius 3 is 2.00 bits per heavy atom. The van der Waals surface area contributed by atoms with E-state index in [9.17, 15) is 9.59 Å². The lowest BCUT2D eigenvalue weighted by Gasteiger charge is -2.33. The minimum atomic E-state index is -0.109. The molecule has 1 saturated heterocycles. The van der Waals surface area contributed by atoms with Crippen LogP contribution in [0.1, 0.15) is 19.8 Å². The molecule has 0 radical (unpaired) electrons. The lowest BCUT2D eigenvalue weighted by Crippen LogP contribution is -2.38. The van der Waals surface area contributed by atoms with E-state index in [-0.39, 0.29) is 17.7 Å². The van der Waals surface area contributed by atoms with Gasteiger partial charge in [0, 0.05) is 43.0 Å². The van der Waals surface area contributed by atoms with Gasteiger partial charge in [0.25, 0.3) is 0 Å². The van der Waals surface area contributed by atoms with Gasteiger partial charge < -0.3 is 15.5 Å². The van der Waals surface area contributed by atoms with Crippen LogP contribution in [0.4, 0.5) is 17.1 Å². The fraction of sp³-hybridized carbons (Fsp3) is 0.300. The minimum absolute atomic E-state index is 0.0370. The first-order valence-corrected chi connectivity index (χ1v) is 8.60. The summed E-state index contributed by atoms with van der Waals surface area (Å²) < 4.78 is 0. The number of nitrogens with zero attached hydrogens (tertiary/aromatic N) is 1. The Hall–Kier alpha value is -2.82. The van der Waals surface area contributed by atoms with Crippen LogP contribution in [0.25, 0.3) is 0 Å². The van der Waals surface area contributed by atoms with Gasteiger partial charge in [-0.25, -0.2) is 0 Å². The molecule has 0 atom stereocenters. The smallest absolute Gasteiger partial charge is 0.227 e. The highest BCUT2D eigenvalue weighted by molar-refractivity contribution is 5.93. The molecule has 130 valence electrons. The van der Waals surface area contributed by atoms with E-state index in [1.165, 1.54) is 12.6 Å². The van der Waals surface area contributed by atoms with Crippen molar-refractivity contribution in [3.05, 3.63) is 54.6 Å². The minimum Gasteiger partial charge on any atom is -0.371 e. The van der Waals surface area contributed by atoms with Crippen molar-refractivity contribution in [1.29, 1.82) is 0 Å². The van der Waals surface area contributed by atoms with Gasteiger partial charge in [0.15, 0.2) is 0 Å². The molecule has 5 heteroatoms. The Morgan fingerprint density at radius 1 is 0.880 bits per heavy atom. The third kappa shape index (κ3) is 4.59. The zero-order chi connectivity index (χ0) is 17.6. The average Bonchev–Trinajstić information content (AvgIpc) is 2.64. The topological polar surface area (TPSA) is 61.4 Å². The molecule has 5 nitrogen and oxygen atoms in total. The molecule has 0 saturated carbocycles. The van der Waals surface area contributed by atoms with E-state index in [1.54, 1.807) is 12.1 Å². The molecular formula is C20H23N3O2. The average molecular weight is 337 g/mol. The second kappa shape index (κ2) is 7.83. The fourth-order valence-electron chi connectivity index (χ4n) is 3.12. The van der Waals surface area contributed by atoms with Gasteiger partial charge in [-0.1, -0.05) is 18.2 Å². The lowest BCUT2D eigenvalue weighted by atomic mass is 9.95. The number of carbonyl (C=O) groups excluding carboxylic acids is 2. The van der Waals surface area contributed by atoms with Crippen molar-refractivity contribution in [2.75, 3.05) is 28.6 Å². The van der Waals surface area contributed by atoms with Crippen LogP contribution in [0, 0.1) is 5.92 Å². The van der Waals surface area contributed by atoms with Crippen LogP contribution in [0.2, 0.25) is 0 Å². The number of nitrogens with one attached hydrogen (secondary N) is 2. The van der Waals surface area contributed by atoms with E-state index in [0.717, 1.165) is 37.3 Å². The van der Waals surface area contributed by atoms with Crippen LogP contribution in [0.15, 0.2) is 54.6 Å². The number of hydrogen-bond donors (Lipinski definition) is 2. The second-order valence-electron chi connectivity index (χ2n) is 6.34. The van der Waals surface area contributed by atoms with Crippen molar-refractivity contribution >= 4 is 28.9 Å². The number of piperidine rings is 1. The Bertz CT molecular complexity index is 720. The number of hydrogen-bond acceptors (Lipinski definition) is 3. The van der Waals surface area contributed by atoms with Gasteiger partial charge in [-0.05, 0) is 49.2 Å². The third-order valence-corrected chi connectivity index (χ3v) is 4.46. The van der Waals surface area contributed by atoms with Crippen LogP contribution in [0.5, 0.6) is 0 Å². The van der Waals surface area contributed by atoms with Crippen LogP contribution < -0.4 is 15.5 Å². The molecule has 1 heterocycles. The van der Waals surface area contributed by atoms with Crippen molar-refractivity contribution < 1.29 is 9.59 Å². The van der Waals surface area contributed by atoms with E-state index in [2.05, 4.69) is 27.7 Å². The van der Waals surface area contributed by atoms with Crippen LogP contribution in [0.3, 0.4) is 0 Å². The van der Waals surface area contributed by atoms with E-state index in [4.69, 9.17) is 0 Å². The molecule has 25 heavy (non-hydrogen) atoms. The predicted molar refractivity (Wildman–Crippen MR) is 101 cm³/mol. The van der Waals surface area contributed by atoms with Gasteiger partial charge in [-0.3, -0.25) is 9.59 Å². The van der Waals surface area contributed by atoms with Gasteiger partial charge in [-0.15, -0.1) is 0 Å². The molecule has 2 N–H and O–H groups in total. The van der Waals surface area contributed by atoms with Crippen LogP contribution in [-0.2, 0) is 9.59 Å². The van der Waals surface area contributed by atoms with Gasteiger partial charge in [0.2, 0.25) is 11.8 Å². The quantitative estimate of drug-likeness (QED) is 0.897. The molecule has 0 unspecified atom stereocenters. The van der Waals surface area contributed by atoms with Gasteiger partial charge in [0.05, 0.1) is 0 Å². The molecule has 1 aliphatic rings. The standard InChI is InChI=1S/C20H23N3O2/c1-15(24)21-17-7-9-18(10-8-17)22-20(25)16-11-13-23(14-12-16)19-5-3-2-4-6-19/h2-10,16H,11-14H2,1H3,(H,21,24)(H,22,25). The molecular weight excluding hydrogens is 314 g/mol. The highest BCUT2D eigenvalue weighted by Gasteiger charge is 2.25. The van der Waals surface area contributed by atoms with Gasteiger partial charge in [0.1, 0.15) is 0 Å². The van der Waals surface area contributed by atoms with Crippen molar-refractivity contribution in [2.45, 2.75) is 19.8 Å². The first-order valence-electron chi connectivity index (χ1n) is 8.60. The van der Waals surface area contributed by atoms with Crippen molar-refractivity contribution in [3.63, 3.8) is 0 Å². The Labute approximate surface area is 148 Å². The largest absolute Gasteiger partial charge is 0.371 e. The zero-order valence-corrected chi connectivity index (χ0v) is 14.4. The number of para-hydroxylation sites is 1. The number of anilines is 3. The SMILES string of the molecule is CC(=O)Nc1ccc(NC(=O)C2CCN(c3ccccc3)CC2)cc1. The van der Waals surface area contributed by atoms with Crippen molar-refractivity contribution in [1.82, 2.24) is 0 Å². The van der Waals surface area contributed by atoms with E-state index < -0.39 is 0 Å². The van der Waals surface area contributed by atoms with Gasteiger partial charge >= 0.3 is 0 Å². The maximum atomic E-state index is 12.5. The summed E-state index contributed by atoms with van der Waals surface area (Å²) in [6, 6.07) is 17.5. The first kappa shape index (κ1) is 17.0. The summed E-state index contributed by atoms with van der Waals surface area (Å²) in [6.45, 7) is 3.25. The Balaban J connectivity index is 1.52. The van der Waals surface area contributed by atoms with E-state index >= 15 is 0 Å². The molecule has 2 aromatic rings. The molecule has 1 aliphatic heterocycles. The molecule has 3 rings (SSSR count). The maximum Gasteiger partial charge on any atom is 0.227 e. The number of amides is 2. The van der Waals surface area contributed by atoms with E-state index in [0.29, 0.717) is 0 Å². The molecule has 0 spiro atoms. The summed E-state index contributed by atoms with van der Waals surface area (Å²) in [7, 11) is 0. The monoisotopic (exact) mass is 337 g/mol. The fourth-order valence-corrected chi connectivity index (χ4v) is 3.12. The summed E-state index contributed by atoms with van der Waals surface area (Å²) in [5.41, 5.74) is 2.70. The summed E-state index contributed by atoms with van der Waals surface area (Å²) in [6.07, 6.45) is 1.70. The van der Waals surface area contributed by atoms with Gasteiger partial charge in [-0.2, -0.15) is 0 Å². The number of rotatable bonds is 4. The zero-order valence-electron chi connectivity index (χ0n) is 14.4. The van der Waals surface area contributed by atoms with Crippen molar-refractivity contribution in [3.8, 4) is 0 Å². The first-order chi connectivity index (χ1) is 12.1. The predicted octanol–water partition coefficient (Wildman–Crippen LogP) is 3.50. The van der Waals surface area contributed by atoms with Crippen LogP contribution in [-0.4, -0.2) is 24.9 Å². The molecule has 2 amide bonds. The lowest BCUT2D eigenvalue weighted by molar-refractivity contribution is -0.120. The van der Waals surface area contributed by atoms with E-state index in [1.807, 2.05) is 30.3 Å². The second-order valence-corrected chi connectivity index (χ2v) is 6.34. The summed E-state index contributed by atoms with van der Waals surface area (Å²) in [4.78, 5) is 25.8. The summed E-state index contributed by atoms with van der Waals surface area (Å²) in [5, 5.41) is 5.69. The third-order valence-electron chi connectivity index (χ3n) is 4.46. The molecule has 2 aromatic carbocycles. The Morgan fingerprint density at radius 2 is 1.44 bits per heavy atom. The number of benzene rings is 2. The molecule has 0 aliphatic carbocycles. The molecule has 0 aromatic heterocycles. The summed E-state index contributed by atoms with van der Waals surface area (Å²) >= 11 is 0. The Kier molecular flexibility index (Phi) is 5.33. The highest BCUT2D eigenvalue weighted by Crippen LogP contribution is 2.24. The van der Waals surface area contributed by atoms with Crippen molar-refractivity contribution in [2.24, 2.45) is 5.92 Å². The summed E-state index contributed by atoms with van der Waals surface area (Å²) in [5.74, 6) is -0.00284. The highest BCUT2D eigenvalue weighted by atomic mass is 16.2. The normalized spacial score (nSPS) is 14.8. The molecule has 0 bridgehead atoms. The molecule has 1 fully saturated rings. The van der Waals surface area contributed by atoms with Crippen LogP contribution >= 0.6 is 0 Å². The number of carbonyl (C=O) groups is 2. The maximum absolute atomic E-state index is 12.5.